The van der Waals surface area contributed by atoms with Crippen molar-refractivity contribution in [1.82, 2.24) is 9.55 Å². The molecule has 6 heteroatoms. The molecule has 104 valence electrons. The summed E-state index contributed by atoms with van der Waals surface area (Å²) in [6.07, 6.45) is 1.99. The highest BCUT2D eigenvalue weighted by Gasteiger charge is 2.13. The van der Waals surface area contributed by atoms with E-state index in [1.54, 1.807) is 0 Å². The van der Waals surface area contributed by atoms with Gasteiger partial charge in [-0.2, -0.15) is 4.98 Å². The number of nitrogens with zero attached hydrogens (tertiary/aromatic N) is 2. The Hall–Kier alpha value is -0.333. The fourth-order valence-electron chi connectivity index (χ4n) is 1.31. The summed E-state index contributed by atoms with van der Waals surface area (Å²) >= 11 is 3.35. The fourth-order valence-corrected chi connectivity index (χ4v) is 2.46. The van der Waals surface area contributed by atoms with Gasteiger partial charge in [0.15, 0.2) is 0 Å². The minimum atomic E-state index is -1.02. The van der Waals surface area contributed by atoms with E-state index >= 15 is 0 Å². The Morgan fingerprint density at radius 1 is 1.39 bits per heavy atom. The van der Waals surface area contributed by atoms with E-state index in [-0.39, 0.29) is 6.10 Å². The molecule has 0 aliphatic heterocycles. The number of halogens is 1. The third kappa shape index (κ3) is 6.02. The lowest BCUT2D eigenvalue weighted by atomic mass is 10.5. The van der Waals surface area contributed by atoms with Crippen LogP contribution in [0.1, 0.15) is 13.8 Å². The molecule has 0 aromatic carbocycles. The van der Waals surface area contributed by atoms with Crippen molar-refractivity contribution in [2.24, 2.45) is 0 Å². The maximum absolute atomic E-state index is 5.69. The van der Waals surface area contributed by atoms with Crippen molar-refractivity contribution in [2.45, 2.75) is 52.4 Å². The second-order valence-electron chi connectivity index (χ2n) is 5.83. The molecule has 1 heterocycles. The largest absolute Gasteiger partial charge is 0.462 e. The molecule has 0 aliphatic carbocycles. The molecule has 0 unspecified atom stereocenters. The van der Waals surface area contributed by atoms with Gasteiger partial charge in [0, 0.05) is 20.9 Å². The average molecular weight is 335 g/mol. The summed E-state index contributed by atoms with van der Waals surface area (Å²) in [5, 5.41) is 0. The van der Waals surface area contributed by atoms with E-state index in [1.165, 1.54) is 6.04 Å². The van der Waals surface area contributed by atoms with Crippen molar-refractivity contribution >= 4 is 24.0 Å². The van der Waals surface area contributed by atoms with Crippen LogP contribution in [0, 0.1) is 0 Å². The van der Waals surface area contributed by atoms with Crippen molar-refractivity contribution in [1.29, 1.82) is 0 Å². The van der Waals surface area contributed by atoms with Gasteiger partial charge in [0.05, 0.1) is 6.10 Å². The van der Waals surface area contributed by atoms with E-state index in [1.807, 2.05) is 24.6 Å². The Morgan fingerprint density at radius 2 is 2.06 bits per heavy atom. The van der Waals surface area contributed by atoms with Crippen LogP contribution in [0.5, 0.6) is 6.01 Å². The lowest BCUT2D eigenvalue weighted by Crippen LogP contribution is -2.22. The normalized spacial score (nSPS) is 12.2. The number of imidazole rings is 1. The average Bonchev–Trinajstić information content (AvgIpc) is 2.51. The van der Waals surface area contributed by atoms with Crippen molar-refractivity contribution in [3.63, 3.8) is 0 Å². The fraction of sp³-hybridized carbons (Fsp3) is 0.750. The van der Waals surface area contributed by atoms with E-state index in [0.29, 0.717) is 12.7 Å². The summed E-state index contributed by atoms with van der Waals surface area (Å²) in [5.41, 5.74) is 0. The molecule has 0 amide bonds. The van der Waals surface area contributed by atoms with Gasteiger partial charge in [0.1, 0.15) is 11.3 Å². The maximum Gasteiger partial charge on any atom is 0.299 e. The van der Waals surface area contributed by atoms with Crippen LogP contribution >= 0.6 is 15.9 Å². The number of aromatic nitrogens is 2. The standard InChI is InChI=1S/C12H23BrN2O2Si/c1-10(2)17-12-14-11(13)8-15(12)9-16-6-7-18(3,4)5/h8,10H,6-7,9H2,1-5H3. The minimum Gasteiger partial charge on any atom is -0.462 e. The first-order valence-electron chi connectivity index (χ1n) is 6.25. The highest BCUT2D eigenvalue weighted by molar-refractivity contribution is 9.10. The zero-order chi connectivity index (χ0) is 13.8. The molecule has 1 aromatic rings. The first-order chi connectivity index (χ1) is 8.28. The molecule has 1 rings (SSSR count). The molecule has 0 fully saturated rings. The van der Waals surface area contributed by atoms with Crippen LogP contribution in [0.25, 0.3) is 0 Å². The molecule has 0 spiro atoms. The van der Waals surface area contributed by atoms with E-state index in [9.17, 15) is 0 Å². The molecule has 1 aromatic heterocycles. The smallest absolute Gasteiger partial charge is 0.299 e. The summed E-state index contributed by atoms with van der Waals surface area (Å²) in [4.78, 5) is 4.26. The summed E-state index contributed by atoms with van der Waals surface area (Å²) in [6.45, 7) is 12.3. The second-order valence-corrected chi connectivity index (χ2v) is 12.3. The molecular formula is C12H23BrN2O2Si. The molecule has 0 aliphatic rings. The summed E-state index contributed by atoms with van der Waals surface area (Å²) in [7, 11) is -1.02. The van der Waals surface area contributed by atoms with Crippen LogP contribution in [0.4, 0.5) is 0 Å². The van der Waals surface area contributed by atoms with Crippen molar-refractivity contribution in [3.05, 3.63) is 10.8 Å². The van der Waals surface area contributed by atoms with Crippen LogP contribution in [-0.2, 0) is 11.5 Å². The van der Waals surface area contributed by atoms with E-state index in [2.05, 4.69) is 40.6 Å². The van der Waals surface area contributed by atoms with E-state index < -0.39 is 8.07 Å². The van der Waals surface area contributed by atoms with Gasteiger partial charge in [-0.3, -0.25) is 4.57 Å². The molecular weight excluding hydrogens is 312 g/mol. The molecule has 0 radical (unpaired) electrons. The van der Waals surface area contributed by atoms with Crippen molar-refractivity contribution in [3.8, 4) is 6.01 Å². The van der Waals surface area contributed by atoms with Gasteiger partial charge in [0.25, 0.3) is 6.01 Å². The number of hydrogen-bond acceptors (Lipinski definition) is 3. The SMILES string of the molecule is CC(C)Oc1nc(Br)cn1COCC[Si](C)(C)C. The predicted octanol–water partition coefficient (Wildman–Crippen LogP) is 3.75. The third-order valence-electron chi connectivity index (χ3n) is 2.28. The van der Waals surface area contributed by atoms with Crippen LogP contribution in [0.15, 0.2) is 10.8 Å². The van der Waals surface area contributed by atoms with E-state index in [4.69, 9.17) is 9.47 Å². The topological polar surface area (TPSA) is 36.3 Å². The van der Waals surface area contributed by atoms with Crippen molar-refractivity contribution < 1.29 is 9.47 Å². The molecule has 18 heavy (non-hydrogen) atoms. The zero-order valence-electron chi connectivity index (χ0n) is 11.9. The lowest BCUT2D eigenvalue weighted by molar-refractivity contribution is 0.0752. The molecule has 0 bridgehead atoms. The van der Waals surface area contributed by atoms with E-state index in [0.717, 1.165) is 11.2 Å². The number of ether oxygens (including phenoxy) is 2. The van der Waals surface area contributed by atoms with Gasteiger partial charge in [0.2, 0.25) is 0 Å². The van der Waals surface area contributed by atoms with Crippen molar-refractivity contribution in [2.75, 3.05) is 6.61 Å². The van der Waals surface area contributed by atoms with Crippen LogP contribution in [0.3, 0.4) is 0 Å². The Kier molecular flexibility index (Phi) is 5.87. The quantitative estimate of drug-likeness (QED) is 0.562. The van der Waals surface area contributed by atoms with Gasteiger partial charge < -0.3 is 9.47 Å². The van der Waals surface area contributed by atoms with Gasteiger partial charge >= 0.3 is 0 Å². The Bertz CT molecular complexity index is 375. The van der Waals surface area contributed by atoms with Crippen LogP contribution < -0.4 is 4.74 Å². The van der Waals surface area contributed by atoms with Gasteiger partial charge in [-0.25, -0.2) is 0 Å². The summed E-state index contributed by atoms with van der Waals surface area (Å²) in [5.74, 6) is 0. The number of rotatable bonds is 7. The van der Waals surface area contributed by atoms with Crippen LogP contribution in [-0.4, -0.2) is 30.3 Å². The molecule has 0 saturated carbocycles. The highest BCUT2D eigenvalue weighted by Crippen LogP contribution is 2.18. The summed E-state index contributed by atoms with van der Waals surface area (Å²) in [6, 6.07) is 1.77. The first-order valence-corrected chi connectivity index (χ1v) is 10.7. The Balaban J connectivity index is 2.46. The molecule has 0 saturated heterocycles. The predicted molar refractivity (Wildman–Crippen MR) is 79.8 cm³/mol. The van der Waals surface area contributed by atoms with Gasteiger partial charge in [-0.1, -0.05) is 19.6 Å². The minimum absolute atomic E-state index is 0.111. The van der Waals surface area contributed by atoms with Crippen LogP contribution in [0.2, 0.25) is 25.7 Å². The zero-order valence-corrected chi connectivity index (χ0v) is 14.5. The monoisotopic (exact) mass is 334 g/mol. The maximum atomic E-state index is 5.69. The third-order valence-corrected chi connectivity index (χ3v) is 4.36. The highest BCUT2D eigenvalue weighted by atomic mass is 79.9. The summed E-state index contributed by atoms with van der Waals surface area (Å²) < 4.78 is 14.0. The molecule has 0 N–H and O–H groups in total. The Morgan fingerprint density at radius 3 is 2.61 bits per heavy atom. The lowest BCUT2D eigenvalue weighted by Gasteiger charge is -2.16. The van der Waals surface area contributed by atoms with Gasteiger partial charge in [-0.15, -0.1) is 0 Å². The Labute approximate surface area is 119 Å². The molecule has 4 nitrogen and oxygen atoms in total. The molecule has 0 atom stereocenters. The van der Waals surface area contributed by atoms with Gasteiger partial charge in [-0.05, 0) is 35.8 Å². The number of hydrogen-bond donors (Lipinski definition) is 0. The second kappa shape index (κ2) is 6.72. The first kappa shape index (κ1) is 15.7.